The first-order valence-electron chi connectivity index (χ1n) is 6.96. The smallest absolute Gasteiger partial charge is 0.274 e. The topological polar surface area (TPSA) is 97.7 Å². The summed E-state index contributed by atoms with van der Waals surface area (Å²) >= 11 is 0. The first-order chi connectivity index (χ1) is 10.8. The molecule has 1 amide bonds. The van der Waals surface area contributed by atoms with Gasteiger partial charge < -0.3 is 4.42 Å². The van der Waals surface area contributed by atoms with Crippen LogP contribution in [0.5, 0.6) is 0 Å². The number of carbonyl (C=O) groups excluding carboxylic acids is 1. The predicted molar refractivity (Wildman–Crippen MR) is 85.7 cm³/mol. The summed E-state index contributed by atoms with van der Waals surface area (Å²) < 4.78 is 5.30. The van der Waals surface area contributed by atoms with E-state index in [1.165, 1.54) is 6.07 Å². The summed E-state index contributed by atoms with van der Waals surface area (Å²) in [5.41, 5.74) is 4.48. The number of hydrogen-bond donors (Lipinski definition) is 1. The molecule has 2 aromatic rings. The van der Waals surface area contributed by atoms with Crippen LogP contribution in [0.25, 0.3) is 0 Å². The molecular formula is C16H17N3O4. The molecule has 0 aliphatic heterocycles. The van der Waals surface area contributed by atoms with Gasteiger partial charge >= 0.3 is 0 Å². The molecule has 0 saturated carbocycles. The highest BCUT2D eigenvalue weighted by Gasteiger charge is 2.14. The second kappa shape index (κ2) is 6.43. The lowest BCUT2D eigenvalue weighted by Gasteiger charge is -2.04. The number of aryl methyl sites for hydroxylation is 3. The summed E-state index contributed by atoms with van der Waals surface area (Å²) in [6, 6.07) is 6.44. The summed E-state index contributed by atoms with van der Waals surface area (Å²) in [4.78, 5) is 22.6. The number of nitro benzene ring substituents is 1. The van der Waals surface area contributed by atoms with Gasteiger partial charge in [-0.2, -0.15) is 5.10 Å². The molecule has 0 aliphatic carbocycles. The Morgan fingerprint density at radius 1 is 1.26 bits per heavy atom. The zero-order chi connectivity index (χ0) is 17.1. The number of amides is 1. The average Bonchev–Trinajstić information content (AvgIpc) is 2.83. The maximum absolute atomic E-state index is 12.1. The third-order valence-electron chi connectivity index (χ3n) is 3.43. The minimum absolute atomic E-state index is 0.0182. The zero-order valence-electron chi connectivity index (χ0n) is 13.3. The van der Waals surface area contributed by atoms with Crippen LogP contribution in [-0.2, 0) is 0 Å². The van der Waals surface area contributed by atoms with Crippen molar-refractivity contribution in [3.63, 3.8) is 0 Å². The van der Waals surface area contributed by atoms with Crippen LogP contribution >= 0.6 is 0 Å². The number of carbonyl (C=O) groups is 1. The van der Waals surface area contributed by atoms with E-state index in [0.29, 0.717) is 33.9 Å². The third-order valence-corrected chi connectivity index (χ3v) is 3.43. The molecule has 0 spiro atoms. The lowest BCUT2D eigenvalue weighted by Crippen LogP contribution is -2.19. The van der Waals surface area contributed by atoms with E-state index in [1.54, 1.807) is 45.9 Å². The molecule has 1 heterocycles. The highest BCUT2D eigenvalue weighted by Crippen LogP contribution is 2.19. The maximum Gasteiger partial charge on any atom is 0.274 e. The molecule has 0 aliphatic rings. The van der Waals surface area contributed by atoms with Gasteiger partial charge in [0.25, 0.3) is 11.6 Å². The Morgan fingerprint density at radius 2 is 1.96 bits per heavy atom. The third kappa shape index (κ3) is 3.63. The molecule has 0 atom stereocenters. The van der Waals surface area contributed by atoms with E-state index in [1.807, 2.05) is 0 Å². The SMILES string of the molecule is C/C(=N\NC(=O)c1cc(C)oc1C)c1ccc(C)c([N+](=O)[O-])c1. The minimum atomic E-state index is -0.442. The highest BCUT2D eigenvalue weighted by molar-refractivity contribution is 6.01. The van der Waals surface area contributed by atoms with Crippen LogP contribution in [0.15, 0.2) is 33.8 Å². The second-order valence-electron chi connectivity index (χ2n) is 5.22. The fourth-order valence-corrected chi connectivity index (χ4v) is 2.15. The molecule has 1 aromatic heterocycles. The van der Waals surface area contributed by atoms with Crippen LogP contribution in [0.2, 0.25) is 0 Å². The van der Waals surface area contributed by atoms with Gasteiger partial charge in [0.15, 0.2) is 0 Å². The van der Waals surface area contributed by atoms with Crippen molar-refractivity contribution in [3.05, 3.63) is 62.6 Å². The Balaban J connectivity index is 2.20. The van der Waals surface area contributed by atoms with Gasteiger partial charge in [0.1, 0.15) is 11.5 Å². The molecule has 7 heteroatoms. The summed E-state index contributed by atoms with van der Waals surface area (Å²) in [6.07, 6.45) is 0. The Bertz CT molecular complexity index is 806. The average molecular weight is 315 g/mol. The van der Waals surface area contributed by atoms with Crippen LogP contribution in [0.3, 0.4) is 0 Å². The van der Waals surface area contributed by atoms with Gasteiger partial charge in [-0.3, -0.25) is 14.9 Å². The van der Waals surface area contributed by atoms with Gasteiger partial charge in [-0.15, -0.1) is 0 Å². The van der Waals surface area contributed by atoms with Crippen molar-refractivity contribution in [2.75, 3.05) is 0 Å². The predicted octanol–water partition coefficient (Wildman–Crippen LogP) is 3.27. The molecule has 1 N–H and O–H groups in total. The van der Waals surface area contributed by atoms with Gasteiger partial charge in [-0.05, 0) is 33.8 Å². The first-order valence-corrected chi connectivity index (χ1v) is 6.96. The van der Waals surface area contributed by atoms with Crippen LogP contribution in [-0.4, -0.2) is 16.5 Å². The van der Waals surface area contributed by atoms with Crippen molar-refractivity contribution in [1.29, 1.82) is 0 Å². The second-order valence-corrected chi connectivity index (χ2v) is 5.22. The first kappa shape index (κ1) is 16.4. The van der Waals surface area contributed by atoms with E-state index in [0.717, 1.165) is 0 Å². The fourth-order valence-electron chi connectivity index (χ4n) is 2.15. The molecule has 0 radical (unpaired) electrons. The Kier molecular flexibility index (Phi) is 4.59. The van der Waals surface area contributed by atoms with Gasteiger partial charge in [0.05, 0.1) is 16.2 Å². The van der Waals surface area contributed by atoms with Crippen LogP contribution in [0, 0.1) is 30.9 Å². The van der Waals surface area contributed by atoms with Crippen molar-refractivity contribution >= 4 is 17.3 Å². The van der Waals surface area contributed by atoms with E-state index in [-0.39, 0.29) is 11.6 Å². The Morgan fingerprint density at radius 3 is 2.52 bits per heavy atom. The summed E-state index contributed by atoms with van der Waals surface area (Å²) in [7, 11) is 0. The molecule has 0 bridgehead atoms. The van der Waals surface area contributed by atoms with Crippen LogP contribution in [0.4, 0.5) is 5.69 Å². The molecule has 120 valence electrons. The standard InChI is InChI=1S/C16H17N3O4/c1-9-5-6-13(8-15(9)19(21)22)11(3)17-18-16(20)14-7-10(2)23-12(14)4/h5-8H,1-4H3,(H,18,20)/b17-11+. The zero-order valence-corrected chi connectivity index (χ0v) is 13.3. The lowest BCUT2D eigenvalue weighted by molar-refractivity contribution is -0.385. The van der Waals surface area contributed by atoms with E-state index in [4.69, 9.17) is 4.42 Å². The largest absolute Gasteiger partial charge is 0.466 e. The number of benzene rings is 1. The molecule has 23 heavy (non-hydrogen) atoms. The monoisotopic (exact) mass is 315 g/mol. The molecule has 7 nitrogen and oxygen atoms in total. The van der Waals surface area contributed by atoms with Crippen LogP contribution < -0.4 is 5.43 Å². The normalized spacial score (nSPS) is 11.4. The minimum Gasteiger partial charge on any atom is -0.466 e. The van der Waals surface area contributed by atoms with E-state index in [2.05, 4.69) is 10.5 Å². The molecule has 2 rings (SSSR count). The molecule has 0 unspecified atom stereocenters. The Labute approximate surface area is 133 Å². The highest BCUT2D eigenvalue weighted by atomic mass is 16.6. The van der Waals surface area contributed by atoms with E-state index in [9.17, 15) is 14.9 Å². The molecule has 0 fully saturated rings. The lowest BCUT2D eigenvalue weighted by atomic mass is 10.1. The van der Waals surface area contributed by atoms with Gasteiger partial charge in [-0.25, -0.2) is 5.43 Å². The van der Waals surface area contributed by atoms with Crippen molar-refractivity contribution in [3.8, 4) is 0 Å². The Hall–Kier alpha value is -2.96. The molecular weight excluding hydrogens is 298 g/mol. The number of nitro groups is 1. The summed E-state index contributed by atoms with van der Waals surface area (Å²) in [5.74, 6) is 0.765. The van der Waals surface area contributed by atoms with Crippen molar-refractivity contribution in [2.45, 2.75) is 27.7 Å². The number of rotatable bonds is 4. The number of hydrazone groups is 1. The quantitative estimate of drug-likeness (QED) is 0.532. The van der Waals surface area contributed by atoms with E-state index < -0.39 is 4.92 Å². The van der Waals surface area contributed by atoms with Crippen LogP contribution in [0.1, 0.15) is 39.9 Å². The summed E-state index contributed by atoms with van der Waals surface area (Å²) in [5, 5.41) is 15.0. The van der Waals surface area contributed by atoms with Crippen molar-refractivity contribution in [2.24, 2.45) is 5.10 Å². The van der Waals surface area contributed by atoms with Crippen molar-refractivity contribution < 1.29 is 14.1 Å². The van der Waals surface area contributed by atoms with Gasteiger partial charge in [0.2, 0.25) is 0 Å². The number of furan rings is 1. The van der Waals surface area contributed by atoms with Gasteiger partial charge in [0, 0.05) is 17.2 Å². The maximum atomic E-state index is 12.1. The summed E-state index contributed by atoms with van der Waals surface area (Å²) in [6.45, 7) is 6.79. The fraction of sp³-hybridized carbons (Fsp3) is 0.250. The number of nitrogens with one attached hydrogen (secondary N) is 1. The van der Waals surface area contributed by atoms with E-state index >= 15 is 0 Å². The number of nitrogens with zero attached hydrogens (tertiary/aromatic N) is 2. The molecule has 1 aromatic carbocycles. The van der Waals surface area contributed by atoms with Crippen molar-refractivity contribution in [1.82, 2.24) is 5.43 Å². The van der Waals surface area contributed by atoms with Gasteiger partial charge in [-0.1, -0.05) is 12.1 Å². The number of hydrogen-bond acceptors (Lipinski definition) is 5. The molecule has 0 saturated heterocycles.